The topological polar surface area (TPSA) is 28.2 Å². The first-order valence-corrected chi connectivity index (χ1v) is 8.08. The van der Waals surface area contributed by atoms with E-state index < -0.39 is 0 Å². The lowest BCUT2D eigenvalue weighted by molar-refractivity contribution is 0.405. The fraction of sp³-hybridized carbons (Fsp3) is 0.250. The van der Waals surface area contributed by atoms with Crippen molar-refractivity contribution in [2.24, 2.45) is 0 Å². The van der Waals surface area contributed by atoms with E-state index in [0.29, 0.717) is 0 Å². The lowest BCUT2D eigenvalue weighted by Crippen LogP contribution is -2.16. The summed E-state index contributed by atoms with van der Waals surface area (Å²) in [4.78, 5) is 7.02. The van der Waals surface area contributed by atoms with Gasteiger partial charge in [0.1, 0.15) is 0 Å². The molecule has 24 heavy (non-hydrogen) atoms. The molecule has 0 bridgehead atoms. The van der Waals surface area contributed by atoms with Crippen LogP contribution < -0.4 is 5.32 Å². The summed E-state index contributed by atoms with van der Waals surface area (Å²) in [5.74, 6) is 0. The number of halogens is 1. The molecule has 3 nitrogen and oxygen atoms in total. The van der Waals surface area contributed by atoms with Crippen molar-refractivity contribution in [2.45, 2.75) is 6.42 Å². The van der Waals surface area contributed by atoms with E-state index in [9.17, 15) is 0 Å². The van der Waals surface area contributed by atoms with Crippen molar-refractivity contribution in [3.05, 3.63) is 60.7 Å². The summed E-state index contributed by atoms with van der Waals surface area (Å²) < 4.78 is 0. The Kier molecular flexibility index (Phi) is 6.59. The van der Waals surface area contributed by atoms with Crippen LogP contribution in [0.25, 0.3) is 22.2 Å². The Bertz CT molecular complexity index is 772. The Morgan fingerprint density at radius 2 is 1.67 bits per heavy atom. The van der Waals surface area contributed by atoms with Crippen LogP contribution in [0.15, 0.2) is 60.7 Å². The highest BCUT2D eigenvalue weighted by Crippen LogP contribution is 2.28. The van der Waals surface area contributed by atoms with Crippen LogP contribution in [0.4, 0.5) is 5.69 Å². The van der Waals surface area contributed by atoms with Crippen LogP contribution >= 0.6 is 12.4 Å². The zero-order valence-electron chi connectivity index (χ0n) is 14.2. The van der Waals surface area contributed by atoms with E-state index in [2.05, 4.69) is 72.8 Å². The zero-order valence-corrected chi connectivity index (χ0v) is 15.0. The largest absolute Gasteiger partial charge is 0.384 e. The third-order valence-electron chi connectivity index (χ3n) is 3.88. The van der Waals surface area contributed by atoms with Crippen LogP contribution in [0.5, 0.6) is 0 Å². The third-order valence-corrected chi connectivity index (χ3v) is 3.88. The summed E-state index contributed by atoms with van der Waals surface area (Å²) >= 11 is 0. The number of benzene rings is 2. The lowest BCUT2D eigenvalue weighted by atomic mass is 10.1. The predicted molar refractivity (Wildman–Crippen MR) is 106 cm³/mol. The molecule has 0 amide bonds. The third kappa shape index (κ3) is 4.47. The Hall–Kier alpha value is -2.10. The van der Waals surface area contributed by atoms with Gasteiger partial charge in [-0.15, -0.1) is 12.4 Å². The molecule has 0 spiro atoms. The number of hydrogen-bond acceptors (Lipinski definition) is 3. The molecule has 1 aromatic heterocycles. The summed E-state index contributed by atoms with van der Waals surface area (Å²) in [6, 6.07) is 20.8. The zero-order chi connectivity index (χ0) is 16.1. The van der Waals surface area contributed by atoms with E-state index in [-0.39, 0.29) is 12.4 Å². The number of para-hydroxylation sites is 1. The Morgan fingerprint density at radius 1 is 0.958 bits per heavy atom. The lowest BCUT2D eigenvalue weighted by Gasteiger charge is -2.14. The number of anilines is 1. The van der Waals surface area contributed by atoms with Gasteiger partial charge in [0.05, 0.1) is 11.2 Å². The summed E-state index contributed by atoms with van der Waals surface area (Å²) in [5, 5.41) is 4.76. The molecule has 0 fully saturated rings. The van der Waals surface area contributed by atoms with Gasteiger partial charge in [-0.3, -0.25) is 0 Å². The van der Waals surface area contributed by atoms with Gasteiger partial charge in [-0.25, -0.2) is 4.98 Å². The molecular weight excluding hydrogens is 318 g/mol. The fourth-order valence-corrected chi connectivity index (χ4v) is 2.70. The average Bonchev–Trinajstić information content (AvgIpc) is 2.59. The standard InChI is InChI=1S/C20H23N3.ClH/c1-23(2)14-8-13-21-20-15-19(16-9-4-3-5-10-16)22-18-12-7-6-11-17(18)20;/h3-7,9-12,15H,8,13-14H2,1-2H3,(H,21,22);1H. The van der Waals surface area contributed by atoms with Gasteiger partial charge < -0.3 is 10.2 Å². The highest BCUT2D eigenvalue weighted by atomic mass is 35.5. The number of nitrogens with one attached hydrogen (secondary N) is 1. The first-order valence-electron chi connectivity index (χ1n) is 8.08. The van der Waals surface area contributed by atoms with Gasteiger partial charge in [0.25, 0.3) is 0 Å². The molecule has 3 aromatic rings. The normalized spacial score (nSPS) is 10.6. The van der Waals surface area contributed by atoms with Crippen LogP contribution in [0, 0.1) is 0 Å². The summed E-state index contributed by atoms with van der Waals surface area (Å²) in [6.07, 6.45) is 1.12. The summed E-state index contributed by atoms with van der Waals surface area (Å²) in [6.45, 7) is 2.04. The average molecular weight is 342 g/mol. The first kappa shape index (κ1) is 18.2. The van der Waals surface area contributed by atoms with Crippen molar-refractivity contribution in [2.75, 3.05) is 32.5 Å². The molecule has 0 saturated heterocycles. The van der Waals surface area contributed by atoms with E-state index >= 15 is 0 Å². The molecule has 1 heterocycles. The van der Waals surface area contributed by atoms with E-state index in [1.165, 1.54) is 5.39 Å². The van der Waals surface area contributed by atoms with Crippen molar-refractivity contribution >= 4 is 29.0 Å². The number of nitrogens with zero attached hydrogens (tertiary/aromatic N) is 2. The van der Waals surface area contributed by atoms with Crippen molar-refractivity contribution in [1.29, 1.82) is 0 Å². The Morgan fingerprint density at radius 3 is 2.42 bits per heavy atom. The molecule has 0 atom stereocenters. The van der Waals surface area contributed by atoms with Crippen LogP contribution in [0.3, 0.4) is 0 Å². The molecule has 0 aliphatic carbocycles. The molecule has 2 aromatic carbocycles. The molecule has 0 aliphatic heterocycles. The number of fused-ring (bicyclic) bond motifs is 1. The second kappa shape index (κ2) is 8.67. The van der Waals surface area contributed by atoms with Gasteiger partial charge in [0.15, 0.2) is 0 Å². The van der Waals surface area contributed by atoms with Gasteiger partial charge in [0, 0.05) is 23.2 Å². The quantitative estimate of drug-likeness (QED) is 0.659. The number of pyridine rings is 1. The smallest absolute Gasteiger partial charge is 0.0730 e. The summed E-state index contributed by atoms with van der Waals surface area (Å²) in [7, 11) is 4.21. The molecule has 3 rings (SSSR count). The van der Waals surface area contributed by atoms with Gasteiger partial charge in [0.2, 0.25) is 0 Å². The second-order valence-corrected chi connectivity index (χ2v) is 6.02. The molecule has 0 saturated carbocycles. The minimum atomic E-state index is 0. The monoisotopic (exact) mass is 341 g/mol. The second-order valence-electron chi connectivity index (χ2n) is 6.02. The molecule has 126 valence electrons. The maximum Gasteiger partial charge on any atom is 0.0730 e. The van der Waals surface area contributed by atoms with E-state index in [1.807, 2.05) is 12.1 Å². The minimum absolute atomic E-state index is 0. The van der Waals surface area contributed by atoms with E-state index in [1.54, 1.807) is 0 Å². The molecule has 4 heteroatoms. The SMILES string of the molecule is CN(C)CCCNc1cc(-c2ccccc2)nc2ccccc12.Cl. The highest BCUT2D eigenvalue weighted by molar-refractivity contribution is 5.93. The predicted octanol–water partition coefficient (Wildman–Crippen LogP) is 4.69. The molecule has 0 aliphatic rings. The number of hydrogen-bond donors (Lipinski definition) is 1. The first-order chi connectivity index (χ1) is 11.2. The van der Waals surface area contributed by atoms with Gasteiger partial charge >= 0.3 is 0 Å². The van der Waals surface area contributed by atoms with Crippen molar-refractivity contribution < 1.29 is 0 Å². The molecule has 0 radical (unpaired) electrons. The molecule has 1 N–H and O–H groups in total. The van der Waals surface area contributed by atoms with Crippen molar-refractivity contribution in [1.82, 2.24) is 9.88 Å². The van der Waals surface area contributed by atoms with Crippen molar-refractivity contribution in [3.63, 3.8) is 0 Å². The van der Waals surface area contributed by atoms with Crippen molar-refractivity contribution in [3.8, 4) is 11.3 Å². The van der Waals surface area contributed by atoms with E-state index in [4.69, 9.17) is 4.98 Å². The van der Waals surface area contributed by atoms with E-state index in [0.717, 1.165) is 42.0 Å². The minimum Gasteiger partial charge on any atom is -0.384 e. The van der Waals surface area contributed by atoms with Gasteiger partial charge in [-0.05, 0) is 39.2 Å². The van der Waals surface area contributed by atoms with Crippen LogP contribution in [0.1, 0.15) is 6.42 Å². The van der Waals surface area contributed by atoms with Crippen LogP contribution in [-0.4, -0.2) is 37.1 Å². The fourth-order valence-electron chi connectivity index (χ4n) is 2.70. The number of aromatic nitrogens is 1. The maximum atomic E-state index is 4.81. The highest BCUT2D eigenvalue weighted by Gasteiger charge is 2.07. The van der Waals surface area contributed by atoms with Gasteiger partial charge in [-0.2, -0.15) is 0 Å². The molecular formula is C20H24ClN3. The summed E-state index contributed by atoms with van der Waals surface area (Å²) in [5.41, 5.74) is 4.35. The van der Waals surface area contributed by atoms with Crippen LogP contribution in [-0.2, 0) is 0 Å². The van der Waals surface area contributed by atoms with Crippen LogP contribution in [0.2, 0.25) is 0 Å². The van der Waals surface area contributed by atoms with Gasteiger partial charge in [-0.1, -0.05) is 48.5 Å². The Balaban J connectivity index is 0.00000208. The molecule has 0 unspecified atom stereocenters. The number of rotatable bonds is 6. The Labute approximate surface area is 150 Å². The maximum absolute atomic E-state index is 4.81.